The lowest BCUT2D eigenvalue weighted by atomic mass is 9.92. The van der Waals surface area contributed by atoms with Crippen molar-refractivity contribution >= 4 is 23.2 Å². The van der Waals surface area contributed by atoms with Crippen molar-refractivity contribution in [3.8, 4) is 5.75 Å². The van der Waals surface area contributed by atoms with Gasteiger partial charge in [0.05, 0.1) is 36.3 Å². The molecule has 0 radical (unpaired) electrons. The fourth-order valence-electron chi connectivity index (χ4n) is 4.01. The molecule has 0 N–H and O–H groups in total. The molecule has 1 saturated heterocycles. The van der Waals surface area contributed by atoms with E-state index < -0.39 is 5.92 Å². The van der Waals surface area contributed by atoms with Crippen molar-refractivity contribution in [3.63, 3.8) is 0 Å². The summed E-state index contributed by atoms with van der Waals surface area (Å²) in [5.74, 6) is 0.419. The summed E-state index contributed by atoms with van der Waals surface area (Å²) in [5, 5.41) is 3.08. The van der Waals surface area contributed by atoms with Gasteiger partial charge in [-0.25, -0.2) is 4.98 Å². The number of likely N-dealkylation sites (tertiary alicyclic amines) is 1. The molecule has 1 aromatic heterocycles. The monoisotopic (exact) mass is 429 g/mol. The zero-order chi connectivity index (χ0) is 21.7. The third-order valence-corrected chi connectivity index (χ3v) is 6.68. The maximum atomic E-state index is 13.4. The molecule has 162 valence electrons. The number of methoxy groups -OCH3 is 1. The predicted molar refractivity (Wildman–Crippen MR) is 118 cm³/mol. The topological polar surface area (TPSA) is 62.7 Å². The molecule has 7 heteroatoms. The summed E-state index contributed by atoms with van der Waals surface area (Å²) in [5.41, 5.74) is 1.88. The Morgan fingerprint density at radius 2 is 2.03 bits per heavy atom. The zero-order valence-electron chi connectivity index (χ0n) is 18.3. The van der Waals surface area contributed by atoms with E-state index >= 15 is 0 Å². The van der Waals surface area contributed by atoms with Crippen LogP contribution in [0.15, 0.2) is 29.6 Å². The summed E-state index contributed by atoms with van der Waals surface area (Å²) in [6, 6.07) is 7.47. The average Bonchev–Trinajstić information content (AvgIpc) is 3.35. The molecule has 3 rings (SSSR count). The number of benzene rings is 1. The molecule has 0 spiro atoms. The number of hydrogen-bond acceptors (Lipinski definition) is 5. The lowest BCUT2D eigenvalue weighted by Crippen LogP contribution is -2.37. The number of carbonyl (C=O) groups excluding carboxylic acids is 2. The van der Waals surface area contributed by atoms with Gasteiger partial charge in [0, 0.05) is 25.4 Å². The molecule has 1 aliphatic rings. The van der Waals surface area contributed by atoms with Gasteiger partial charge in [-0.3, -0.25) is 9.59 Å². The number of amides is 2. The van der Waals surface area contributed by atoms with E-state index in [0.29, 0.717) is 13.1 Å². The minimum Gasteiger partial charge on any atom is -0.497 e. The van der Waals surface area contributed by atoms with Gasteiger partial charge in [-0.1, -0.05) is 32.4 Å². The van der Waals surface area contributed by atoms with E-state index in [1.807, 2.05) is 34.5 Å². The third-order valence-electron chi connectivity index (χ3n) is 5.64. The number of nitrogens with zero attached hydrogens (tertiary/aromatic N) is 3. The van der Waals surface area contributed by atoms with Gasteiger partial charge in [-0.2, -0.15) is 0 Å². The highest BCUT2D eigenvalue weighted by atomic mass is 32.1. The Bertz CT molecular complexity index is 865. The number of ether oxygens (including phenoxy) is 1. The zero-order valence-corrected chi connectivity index (χ0v) is 19.1. The molecule has 30 heavy (non-hydrogen) atoms. The SMILES string of the molecule is CCCCN1C(=O)C[C@H](C(=O)N(C)Cc2csc(CC)n2)[C@H]1c1ccc(OC)cc1. The van der Waals surface area contributed by atoms with Crippen LogP contribution in [0.2, 0.25) is 0 Å². The first-order valence-electron chi connectivity index (χ1n) is 10.6. The second-order valence-electron chi connectivity index (χ2n) is 7.75. The summed E-state index contributed by atoms with van der Waals surface area (Å²) in [6.45, 7) is 5.32. The Balaban J connectivity index is 1.83. The molecule has 0 aliphatic carbocycles. The number of aryl methyl sites for hydroxylation is 1. The van der Waals surface area contributed by atoms with Crippen molar-refractivity contribution in [1.82, 2.24) is 14.8 Å². The van der Waals surface area contributed by atoms with Gasteiger partial charge in [0.15, 0.2) is 0 Å². The number of rotatable bonds is 9. The molecule has 6 nitrogen and oxygen atoms in total. The van der Waals surface area contributed by atoms with Crippen molar-refractivity contribution in [2.45, 2.75) is 52.1 Å². The average molecular weight is 430 g/mol. The Hall–Kier alpha value is -2.41. The summed E-state index contributed by atoms with van der Waals surface area (Å²) in [7, 11) is 3.43. The van der Waals surface area contributed by atoms with Crippen LogP contribution in [0.3, 0.4) is 0 Å². The number of carbonyl (C=O) groups is 2. The van der Waals surface area contributed by atoms with E-state index in [9.17, 15) is 9.59 Å². The summed E-state index contributed by atoms with van der Waals surface area (Å²) < 4.78 is 5.27. The van der Waals surface area contributed by atoms with Gasteiger partial charge >= 0.3 is 0 Å². The van der Waals surface area contributed by atoms with Gasteiger partial charge < -0.3 is 14.5 Å². The molecule has 2 heterocycles. The van der Waals surface area contributed by atoms with Crippen LogP contribution in [-0.4, -0.2) is 47.3 Å². The second-order valence-corrected chi connectivity index (χ2v) is 8.69. The summed E-state index contributed by atoms with van der Waals surface area (Å²) >= 11 is 1.62. The van der Waals surface area contributed by atoms with Crippen LogP contribution in [0.1, 0.15) is 55.4 Å². The first kappa shape index (κ1) is 22.3. The van der Waals surface area contributed by atoms with Crippen LogP contribution in [0.4, 0.5) is 0 Å². The van der Waals surface area contributed by atoms with E-state index in [0.717, 1.165) is 41.3 Å². The Kier molecular flexibility index (Phi) is 7.48. The van der Waals surface area contributed by atoms with E-state index in [1.165, 1.54) is 0 Å². The maximum absolute atomic E-state index is 13.4. The van der Waals surface area contributed by atoms with Crippen molar-refractivity contribution in [3.05, 3.63) is 45.9 Å². The van der Waals surface area contributed by atoms with Gasteiger partial charge in [0.25, 0.3) is 0 Å². The van der Waals surface area contributed by atoms with Crippen LogP contribution in [0.5, 0.6) is 5.75 Å². The molecule has 0 saturated carbocycles. The van der Waals surface area contributed by atoms with Crippen molar-refractivity contribution in [2.75, 3.05) is 20.7 Å². The molecular formula is C23H31N3O3S. The number of hydrogen-bond donors (Lipinski definition) is 0. The van der Waals surface area contributed by atoms with E-state index in [2.05, 4.69) is 18.8 Å². The number of thiazole rings is 1. The normalized spacial score (nSPS) is 18.7. The molecule has 0 bridgehead atoms. The number of unbranched alkanes of at least 4 members (excludes halogenated alkanes) is 1. The predicted octanol–water partition coefficient (Wildman–Crippen LogP) is 4.06. The highest BCUT2D eigenvalue weighted by Crippen LogP contribution is 2.40. The smallest absolute Gasteiger partial charge is 0.228 e. The Morgan fingerprint density at radius 1 is 1.30 bits per heavy atom. The molecule has 1 aliphatic heterocycles. The maximum Gasteiger partial charge on any atom is 0.228 e. The van der Waals surface area contributed by atoms with Crippen LogP contribution < -0.4 is 4.74 Å². The fourth-order valence-corrected chi connectivity index (χ4v) is 4.74. The standard InChI is InChI=1S/C23H31N3O3S/c1-5-7-12-26-21(27)13-19(22(26)16-8-10-18(29-4)11-9-16)23(28)25(3)14-17-15-30-20(6-2)24-17/h8-11,15,19,22H,5-7,12-14H2,1-4H3/t19-,22+/m0/s1. The molecule has 2 amide bonds. The van der Waals surface area contributed by atoms with E-state index in [-0.39, 0.29) is 24.3 Å². The molecule has 2 aromatic rings. The van der Waals surface area contributed by atoms with Gasteiger partial charge in [0.1, 0.15) is 5.75 Å². The van der Waals surface area contributed by atoms with Crippen molar-refractivity contribution < 1.29 is 14.3 Å². The van der Waals surface area contributed by atoms with Gasteiger partial charge in [0.2, 0.25) is 11.8 Å². The minimum absolute atomic E-state index is 0.00536. The number of aromatic nitrogens is 1. The van der Waals surface area contributed by atoms with Crippen LogP contribution in [-0.2, 0) is 22.6 Å². The van der Waals surface area contributed by atoms with Crippen LogP contribution in [0.25, 0.3) is 0 Å². The third kappa shape index (κ3) is 4.83. The lowest BCUT2D eigenvalue weighted by Gasteiger charge is -2.30. The van der Waals surface area contributed by atoms with Crippen molar-refractivity contribution in [2.24, 2.45) is 5.92 Å². The minimum atomic E-state index is -0.392. The van der Waals surface area contributed by atoms with E-state index in [1.54, 1.807) is 30.4 Å². The Labute approximate surface area is 182 Å². The van der Waals surface area contributed by atoms with Gasteiger partial charge in [-0.15, -0.1) is 11.3 Å². The fraction of sp³-hybridized carbons (Fsp3) is 0.522. The molecule has 0 unspecified atom stereocenters. The van der Waals surface area contributed by atoms with Crippen LogP contribution in [0, 0.1) is 5.92 Å². The highest BCUT2D eigenvalue weighted by molar-refractivity contribution is 7.09. The molecular weight excluding hydrogens is 398 g/mol. The summed E-state index contributed by atoms with van der Waals surface area (Å²) in [6.07, 6.45) is 3.07. The Morgan fingerprint density at radius 3 is 2.63 bits per heavy atom. The largest absolute Gasteiger partial charge is 0.497 e. The molecule has 2 atom stereocenters. The summed E-state index contributed by atoms with van der Waals surface area (Å²) in [4.78, 5) is 34.4. The van der Waals surface area contributed by atoms with Crippen LogP contribution >= 0.6 is 11.3 Å². The van der Waals surface area contributed by atoms with E-state index in [4.69, 9.17) is 4.74 Å². The second kappa shape index (κ2) is 10.1. The molecule has 1 fully saturated rings. The van der Waals surface area contributed by atoms with Gasteiger partial charge in [-0.05, 0) is 30.5 Å². The quantitative estimate of drug-likeness (QED) is 0.603. The lowest BCUT2D eigenvalue weighted by molar-refractivity contribution is -0.135. The van der Waals surface area contributed by atoms with Crippen molar-refractivity contribution in [1.29, 1.82) is 0 Å². The first-order valence-corrected chi connectivity index (χ1v) is 11.5. The molecule has 1 aromatic carbocycles. The first-order chi connectivity index (χ1) is 14.5. The highest BCUT2D eigenvalue weighted by Gasteiger charge is 2.45.